The second-order valence-electron chi connectivity index (χ2n) is 5.43. The van der Waals surface area contributed by atoms with Crippen LogP contribution in [0.4, 0.5) is 11.4 Å². The number of ether oxygens (including phenoxy) is 2. The van der Waals surface area contributed by atoms with Crippen LogP contribution in [-0.4, -0.2) is 33.3 Å². The highest BCUT2D eigenvalue weighted by atomic mass is 32.2. The van der Waals surface area contributed by atoms with Gasteiger partial charge < -0.3 is 14.8 Å². The lowest BCUT2D eigenvalue weighted by molar-refractivity contribution is -0.116. The fourth-order valence-corrected chi connectivity index (χ4v) is 3.35. The zero-order valence-corrected chi connectivity index (χ0v) is 16.2. The Morgan fingerprint density at radius 3 is 2.04 bits per heavy atom. The minimum atomic E-state index is -3.47. The van der Waals surface area contributed by atoms with E-state index in [9.17, 15) is 13.2 Å². The molecule has 0 aliphatic heterocycles. The SMILES string of the molecule is CCCC(=O)Nc1cc(OCC)c(NS(=O)(=O)CCC)cc1OCC. The molecule has 0 atom stereocenters. The predicted octanol–water partition coefficient (Wildman–Crippen LogP) is 3.37. The highest BCUT2D eigenvalue weighted by molar-refractivity contribution is 7.92. The quantitative estimate of drug-likeness (QED) is 0.621. The second-order valence-corrected chi connectivity index (χ2v) is 7.27. The number of benzene rings is 1. The van der Waals surface area contributed by atoms with Crippen LogP contribution >= 0.6 is 0 Å². The number of hydrogen-bond donors (Lipinski definition) is 2. The van der Waals surface area contributed by atoms with Crippen molar-refractivity contribution in [2.75, 3.05) is 29.0 Å². The molecule has 0 radical (unpaired) electrons. The van der Waals surface area contributed by atoms with E-state index in [1.54, 1.807) is 26.0 Å². The molecule has 7 nitrogen and oxygen atoms in total. The Balaban J connectivity index is 3.27. The number of nitrogens with one attached hydrogen (secondary N) is 2. The first kappa shape index (κ1) is 21.1. The van der Waals surface area contributed by atoms with Gasteiger partial charge in [0.1, 0.15) is 11.5 Å². The summed E-state index contributed by atoms with van der Waals surface area (Å²) in [5.74, 6) is 0.615. The summed E-state index contributed by atoms with van der Waals surface area (Å²) in [4.78, 5) is 11.9. The van der Waals surface area contributed by atoms with Gasteiger partial charge in [0.25, 0.3) is 0 Å². The zero-order valence-electron chi connectivity index (χ0n) is 15.3. The van der Waals surface area contributed by atoms with Gasteiger partial charge in [0.05, 0.1) is 30.3 Å². The monoisotopic (exact) mass is 372 g/mol. The molecular formula is C17H28N2O5S. The second kappa shape index (κ2) is 10.1. The summed E-state index contributed by atoms with van der Waals surface area (Å²) < 4.78 is 37.8. The van der Waals surface area contributed by atoms with E-state index in [2.05, 4.69) is 10.0 Å². The molecule has 1 rings (SSSR count). The fourth-order valence-electron chi connectivity index (χ4n) is 2.21. The first-order chi connectivity index (χ1) is 11.9. The third-order valence-corrected chi connectivity index (χ3v) is 4.65. The molecule has 0 aromatic heterocycles. The Hall–Kier alpha value is -1.96. The first-order valence-electron chi connectivity index (χ1n) is 8.60. The van der Waals surface area contributed by atoms with Crippen LogP contribution in [-0.2, 0) is 14.8 Å². The van der Waals surface area contributed by atoms with Crippen LogP contribution in [0.2, 0.25) is 0 Å². The van der Waals surface area contributed by atoms with Crippen molar-refractivity contribution in [1.29, 1.82) is 0 Å². The maximum absolute atomic E-state index is 12.1. The van der Waals surface area contributed by atoms with Crippen molar-refractivity contribution in [2.24, 2.45) is 0 Å². The largest absolute Gasteiger partial charge is 0.492 e. The molecule has 0 heterocycles. The molecule has 0 saturated carbocycles. The zero-order chi connectivity index (χ0) is 18.9. The van der Waals surface area contributed by atoms with E-state index in [0.29, 0.717) is 48.9 Å². The van der Waals surface area contributed by atoms with Gasteiger partial charge in [-0.3, -0.25) is 9.52 Å². The number of hydrogen-bond acceptors (Lipinski definition) is 5. The third kappa shape index (κ3) is 6.81. The Bertz CT molecular complexity index is 674. The normalized spacial score (nSPS) is 11.0. The van der Waals surface area contributed by atoms with Crippen molar-refractivity contribution in [3.05, 3.63) is 12.1 Å². The molecule has 8 heteroatoms. The van der Waals surface area contributed by atoms with Crippen molar-refractivity contribution in [2.45, 2.75) is 47.0 Å². The number of rotatable bonds is 11. The van der Waals surface area contributed by atoms with Crippen molar-refractivity contribution in [3.63, 3.8) is 0 Å². The van der Waals surface area contributed by atoms with Crippen LogP contribution in [0.3, 0.4) is 0 Å². The number of carbonyl (C=O) groups excluding carboxylic acids is 1. The number of amides is 1. The maximum Gasteiger partial charge on any atom is 0.232 e. The van der Waals surface area contributed by atoms with Gasteiger partial charge in [-0.15, -0.1) is 0 Å². The van der Waals surface area contributed by atoms with Crippen LogP contribution in [0.25, 0.3) is 0 Å². The Morgan fingerprint density at radius 1 is 0.960 bits per heavy atom. The standard InChI is InChI=1S/C17H28N2O5S/c1-5-9-17(20)18-13-11-16(24-8-4)14(12-15(13)23-7-3)19-25(21,22)10-6-2/h11-12,19H,5-10H2,1-4H3,(H,18,20). The van der Waals surface area contributed by atoms with Crippen molar-refractivity contribution in [3.8, 4) is 11.5 Å². The smallest absolute Gasteiger partial charge is 0.232 e. The molecule has 142 valence electrons. The van der Waals surface area contributed by atoms with Gasteiger partial charge in [0, 0.05) is 18.6 Å². The topological polar surface area (TPSA) is 93.7 Å². The van der Waals surface area contributed by atoms with E-state index in [4.69, 9.17) is 9.47 Å². The Morgan fingerprint density at radius 2 is 1.52 bits per heavy atom. The first-order valence-corrected chi connectivity index (χ1v) is 10.3. The van der Waals surface area contributed by atoms with Gasteiger partial charge in [-0.1, -0.05) is 13.8 Å². The molecule has 1 aromatic carbocycles. The van der Waals surface area contributed by atoms with E-state index in [-0.39, 0.29) is 11.7 Å². The molecule has 0 spiro atoms. The van der Waals surface area contributed by atoms with Gasteiger partial charge in [-0.25, -0.2) is 8.42 Å². The van der Waals surface area contributed by atoms with Gasteiger partial charge >= 0.3 is 0 Å². The average molecular weight is 372 g/mol. The molecule has 0 saturated heterocycles. The van der Waals surface area contributed by atoms with E-state index < -0.39 is 10.0 Å². The lowest BCUT2D eigenvalue weighted by Crippen LogP contribution is -2.18. The minimum absolute atomic E-state index is 0.0114. The molecular weight excluding hydrogens is 344 g/mol. The van der Waals surface area contributed by atoms with Crippen molar-refractivity contribution < 1.29 is 22.7 Å². The Labute approximate surface area is 150 Å². The van der Waals surface area contributed by atoms with Crippen LogP contribution in [0.5, 0.6) is 11.5 Å². The van der Waals surface area contributed by atoms with Gasteiger partial charge in [0.15, 0.2) is 0 Å². The molecule has 0 fully saturated rings. The van der Waals surface area contributed by atoms with E-state index >= 15 is 0 Å². The maximum atomic E-state index is 12.1. The molecule has 0 unspecified atom stereocenters. The summed E-state index contributed by atoms with van der Waals surface area (Å²) in [7, 11) is -3.47. The summed E-state index contributed by atoms with van der Waals surface area (Å²) >= 11 is 0. The summed E-state index contributed by atoms with van der Waals surface area (Å²) in [6, 6.07) is 3.13. The average Bonchev–Trinajstić information content (AvgIpc) is 2.51. The van der Waals surface area contributed by atoms with E-state index in [1.165, 1.54) is 0 Å². The van der Waals surface area contributed by atoms with Crippen LogP contribution in [0, 0.1) is 0 Å². The Kier molecular flexibility index (Phi) is 8.54. The molecule has 1 aromatic rings. The minimum Gasteiger partial charge on any atom is -0.492 e. The van der Waals surface area contributed by atoms with Crippen LogP contribution in [0.15, 0.2) is 12.1 Å². The third-order valence-electron chi connectivity index (χ3n) is 3.17. The molecule has 0 aliphatic rings. The molecule has 0 bridgehead atoms. The van der Waals surface area contributed by atoms with Gasteiger partial charge in [0.2, 0.25) is 15.9 Å². The highest BCUT2D eigenvalue weighted by Gasteiger charge is 2.18. The van der Waals surface area contributed by atoms with Crippen LogP contribution < -0.4 is 19.5 Å². The molecule has 25 heavy (non-hydrogen) atoms. The highest BCUT2D eigenvalue weighted by Crippen LogP contribution is 2.37. The predicted molar refractivity (Wildman–Crippen MR) is 100 cm³/mol. The number of sulfonamides is 1. The van der Waals surface area contributed by atoms with Crippen molar-refractivity contribution >= 4 is 27.3 Å². The summed E-state index contributed by atoms with van der Waals surface area (Å²) in [6.07, 6.45) is 1.62. The number of carbonyl (C=O) groups is 1. The van der Waals surface area contributed by atoms with E-state index in [0.717, 1.165) is 6.42 Å². The lowest BCUT2D eigenvalue weighted by Gasteiger charge is -2.18. The molecule has 0 aliphatic carbocycles. The summed E-state index contributed by atoms with van der Waals surface area (Å²) in [6.45, 7) is 8.07. The van der Waals surface area contributed by atoms with Gasteiger partial charge in [-0.2, -0.15) is 0 Å². The summed E-state index contributed by atoms with van der Waals surface area (Å²) in [5.41, 5.74) is 0.759. The van der Waals surface area contributed by atoms with E-state index in [1.807, 2.05) is 13.8 Å². The summed E-state index contributed by atoms with van der Waals surface area (Å²) in [5, 5.41) is 2.79. The fraction of sp³-hybridized carbons (Fsp3) is 0.588. The van der Waals surface area contributed by atoms with Gasteiger partial charge in [-0.05, 0) is 26.7 Å². The van der Waals surface area contributed by atoms with Crippen molar-refractivity contribution in [1.82, 2.24) is 0 Å². The number of anilines is 2. The molecule has 2 N–H and O–H groups in total. The molecule has 1 amide bonds. The van der Waals surface area contributed by atoms with Crippen LogP contribution in [0.1, 0.15) is 47.0 Å². The lowest BCUT2D eigenvalue weighted by atomic mass is 10.2.